The van der Waals surface area contributed by atoms with E-state index < -0.39 is 0 Å². The van der Waals surface area contributed by atoms with Crippen LogP contribution in [0, 0.1) is 11.8 Å². The van der Waals surface area contributed by atoms with E-state index in [1.165, 1.54) is 5.56 Å². The number of rotatable bonds is 6. The molecule has 0 radical (unpaired) electrons. The van der Waals surface area contributed by atoms with E-state index in [1.54, 1.807) is 11.3 Å². The van der Waals surface area contributed by atoms with Crippen molar-refractivity contribution < 1.29 is 4.79 Å². The van der Waals surface area contributed by atoms with E-state index in [-0.39, 0.29) is 17.9 Å². The Bertz CT molecular complexity index is 659. The van der Waals surface area contributed by atoms with E-state index in [9.17, 15) is 4.79 Å². The van der Waals surface area contributed by atoms with Crippen molar-refractivity contribution in [1.82, 2.24) is 20.2 Å². The monoisotopic (exact) mass is 358 g/mol. The third-order valence-corrected chi connectivity index (χ3v) is 5.54. The highest BCUT2D eigenvalue weighted by atomic mass is 32.1. The third-order valence-electron chi connectivity index (χ3n) is 4.68. The number of nitrogens with one attached hydrogen (secondary N) is 1. The van der Waals surface area contributed by atoms with Crippen molar-refractivity contribution in [2.75, 3.05) is 13.1 Å². The molecule has 2 atom stereocenters. The Kier molecular flexibility index (Phi) is 6.15. The number of aromatic nitrogens is 2. The van der Waals surface area contributed by atoms with Crippen molar-refractivity contribution in [3.05, 3.63) is 46.7 Å². The Morgan fingerprint density at radius 1 is 1.44 bits per heavy atom. The molecule has 1 amide bonds. The SMILES string of the molecule is CC(C)C(=O)NC(c1nccs1)C1CCCN(Cc2cccnc2)C1. The first kappa shape index (κ1) is 18.0. The van der Waals surface area contributed by atoms with E-state index in [0.717, 1.165) is 37.5 Å². The normalized spacial score (nSPS) is 19.7. The minimum atomic E-state index is -0.0162. The predicted octanol–water partition coefficient (Wildman–Crippen LogP) is 3.26. The Morgan fingerprint density at radius 3 is 3.00 bits per heavy atom. The summed E-state index contributed by atoms with van der Waals surface area (Å²) in [5.74, 6) is 0.474. The highest BCUT2D eigenvalue weighted by Crippen LogP contribution is 2.31. The van der Waals surface area contributed by atoms with Crippen LogP contribution in [-0.2, 0) is 11.3 Å². The number of carbonyl (C=O) groups is 1. The van der Waals surface area contributed by atoms with Crippen molar-refractivity contribution in [3.63, 3.8) is 0 Å². The molecule has 3 heterocycles. The first-order valence-electron chi connectivity index (χ1n) is 8.94. The molecule has 2 unspecified atom stereocenters. The average molecular weight is 359 g/mol. The Hall–Kier alpha value is -1.79. The first-order chi connectivity index (χ1) is 12.1. The van der Waals surface area contributed by atoms with E-state index in [1.807, 2.05) is 43.9 Å². The van der Waals surface area contributed by atoms with Crippen LogP contribution in [0.4, 0.5) is 0 Å². The van der Waals surface area contributed by atoms with Gasteiger partial charge in [-0.05, 0) is 36.9 Å². The topological polar surface area (TPSA) is 58.1 Å². The number of nitrogens with zero attached hydrogens (tertiary/aromatic N) is 3. The molecule has 1 fully saturated rings. The summed E-state index contributed by atoms with van der Waals surface area (Å²) in [4.78, 5) is 23.5. The molecule has 25 heavy (non-hydrogen) atoms. The zero-order chi connectivity index (χ0) is 17.6. The van der Waals surface area contributed by atoms with Crippen LogP contribution in [0.15, 0.2) is 36.1 Å². The lowest BCUT2D eigenvalue weighted by Gasteiger charge is -2.36. The van der Waals surface area contributed by atoms with Gasteiger partial charge >= 0.3 is 0 Å². The predicted molar refractivity (Wildman–Crippen MR) is 100 cm³/mol. The molecule has 0 spiro atoms. The molecule has 0 aliphatic carbocycles. The van der Waals surface area contributed by atoms with Gasteiger partial charge < -0.3 is 5.32 Å². The lowest BCUT2D eigenvalue weighted by atomic mass is 9.90. The zero-order valence-electron chi connectivity index (χ0n) is 14.9. The van der Waals surface area contributed by atoms with Crippen LogP contribution in [0.2, 0.25) is 0 Å². The molecule has 0 saturated carbocycles. The summed E-state index contributed by atoms with van der Waals surface area (Å²) in [6, 6.07) is 4.11. The second kappa shape index (κ2) is 8.54. The van der Waals surface area contributed by atoms with Gasteiger partial charge in [0.2, 0.25) is 5.91 Å². The Balaban J connectivity index is 1.70. The van der Waals surface area contributed by atoms with Gasteiger partial charge in [0.05, 0.1) is 6.04 Å². The summed E-state index contributed by atoms with van der Waals surface area (Å²) in [5.41, 5.74) is 1.24. The van der Waals surface area contributed by atoms with Gasteiger partial charge in [0, 0.05) is 43.0 Å². The fourth-order valence-electron chi connectivity index (χ4n) is 3.35. The molecule has 5 nitrogen and oxygen atoms in total. The minimum absolute atomic E-state index is 0.00611. The third kappa shape index (κ3) is 4.86. The number of thiazole rings is 1. The quantitative estimate of drug-likeness (QED) is 0.861. The number of pyridine rings is 1. The van der Waals surface area contributed by atoms with Gasteiger partial charge in [-0.15, -0.1) is 11.3 Å². The maximum Gasteiger partial charge on any atom is 0.223 e. The molecule has 1 N–H and O–H groups in total. The maximum absolute atomic E-state index is 12.3. The molecule has 2 aromatic heterocycles. The van der Waals surface area contributed by atoms with Crippen molar-refractivity contribution in [1.29, 1.82) is 0 Å². The number of hydrogen-bond acceptors (Lipinski definition) is 5. The Morgan fingerprint density at radius 2 is 2.32 bits per heavy atom. The van der Waals surface area contributed by atoms with Crippen molar-refractivity contribution in [2.45, 2.75) is 39.3 Å². The second-order valence-electron chi connectivity index (χ2n) is 7.01. The van der Waals surface area contributed by atoms with Gasteiger partial charge in [-0.1, -0.05) is 19.9 Å². The maximum atomic E-state index is 12.3. The molecule has 2 aromatic rings. The van der Waals surface area contributed by atoms with Crippen molar-refractivity contribution in [3.8, 4) is 0 Å². The summed E-state index contributed by atoms with van der Waals surface area (Å²) in [7, 11) is 0. The van der Waals surface area contributed by atoms with Crippen LogP contribution in [-0.4, -0.2) is 33.9 Å². The molecule has 0 bridgehead atoms. The smallest absolute Gasteiger partial charge is 0.223 e. The molecular formula is C19H26N4OS. The summed E-state index contributed by atoms with van der Waals surface area (Å²) in [6.45, 7) is 6.84. The van der Waals surface area contributed by atoms with Crippen LogP contribution < -0.4 is 5.32 Å². The molecule has 3 rings (SSSR count). The summed E-state index contributed by atoms with van der Waals surface area (Å²) in [5, 5.41) is 6.25. The van der Waals surface area contributed by atoms with Gasteiger partial charge in [0.1, 0.15) is 5.01 Å². The molecule has 1 aliphatic rings. The summed E-state index contributed by atoms with van der Waals surface area (Å²) >= 11 is 1.63. The van der Waals surface area contributed by atoms with Crippen LogP contribution in [0.25, 0.3) is 0 Å². The van der Waals surface area contributed by atoms with Crippen LogP contribution in [0.5, 0.6) is 0 Å². The van der Waals surface area contributed by atoms with Crippen LogP contribution in [0.1, 0.15) is 43.3 Å². The van der Waals surface area contributed by atoms with Crippen LogP contribution in [0.3, 0.4) is 0 Å². The number of piperidine rings is 1. The molecular weight excluding hydrogens is 332 g/mol. The molecule has 1 aliphatic heterocycles. The molecule has 0 aromatic carbocycles. The molecule has 134 valence electrons. The van der Waals surface area contributed by atoms with E-state index in [0.29, 0.717) is 5.92 Å². The standard InChI is InChI=1S/C19H26N4OS/c1-14(2)18(24)22-17(19-21-8-10-25-19)16-6-4-9-23(13-16)12-15-5-3-7-20-11-15/h3,5,7-8,10-11,14,16-17H,4,6,9,12-13H2,1-2H3,(H,22,24). The average Bonchev–Trinajstić information content (AvgIpc) is 3.14. The molecule has 1 saturated heterocycles. The highest BCUT2D eigenvalue weighted by Gasteiger charge is 2.31. The van der Waals surface area contributed by atoms with Gasteiger partial charge in [-0.2, -0.15) is 0 Å². The highest BCUT2D eigenvalue weighted by molar-refractivity contribution is 7.09. The number of hydrogen-bond donors (Lipinski definition) is 1. The van der Waals surface area contributed by atoms with Gasteiger partial charge in [0.25, 0.3) is 0 Å². The summed E-state index contributed by atoms with van der Waals surface area (Å²) in [6.07, 6.45) is 7.83. The van der Waals surface area contributed by atoms with Crippen LogP contribution >= 0.6 is 11.3 Å². The zero-order valence-corrected chi connectivity index (χ0v) is 15.7. The van der Waals surface area contributed by atoms with Gasteiger partial charge in [-0.3, -0.25) is 14.7 Å². The molecule has 6 heteroatoms. The van der Waals surface area contributed by atoms with E-state index in [4.69, 9.17) is 0 Å². The van der Waals surface area contributed by atoms with E-state index in [2.05, 4.69) is 26.3 Å². The summed E-state index contributed by atoms with van der Waals surface area (Å²) < 4.78 is 0. The van der Waals surface area contributed by atoms with Crippen molar-refractivity contribution in [2.24, 2.45) is 11.8 Å². The lowest BCUT2D eigenvalue weighted by molar-refractivity contribution is -0.125. The Labute approximate surface area is 153 Å². The largest absolute Gasteiger partial charge is 0.346 e. The number of carbonyl (C=O) groups excluding carboxylic acids is 1. The minimum Gasteiger partial charge on any atom is -0.346 e. The fraction of sp³-hybridized carbons (Fsp3) is 0.526. The number of likely N-dealkylation sites (tertiary alicyclic amines) is 1. The second-order valence-corrected chi connectivity index (χ2v) is 7.94. The van der Waals surface area contributed by atoms with Gasteiger partial charge in [0.15, 0.2) is 0 Å². The van der Waals surface area contributed by atoms with E-state index >= 15 is 0 Å². The first-order valence-corrected chi connectivity index (χ1v) is 9.82. The number of amides is 1. The van der Waals surface area contributed by atoms with Crippen molar-refractivity contribution >= 4 is 17.2 Å². The van der Waals surface area contributed by atoms with Gasteiger partial charge in [-0.25, -0.2) is 4.98 Å². The fourth-order valence-corrected chi connectivity index (χ4v) is 4.13. The lowest BCUT2D eigenvalue weighted by Crippen LogP contribution is -2.43.